The molecule has 2 atom stereocenters. The maximum Gasteiger partial charge on any atom is 0.224 e. The van der Waals surface area contributed by atoms with E-state index in [0.717, 1.165) is 25.1 Å². The summed E-state index contributed by atoms with van der Waals surface area (Å²) in [6, 6.07) is 0.0322. The molecule has 0 saturated heterocycles. The van der Waals surface area contributed by atoms with Crippen molar-refractivity contribution < 1.29 is 4.79 Å². The van der Waals surface area contributed by atoms with E-state index >= 15 is 0 Å². The summed E-state index contributed by atoms with van der Waals surface area (Å²) >= 11 is 0. The van der Waals surface area contributed by atoms with Crippen molar-refractivity contribution in [1.29, 1.82) is 0 Å². The fraction of sp³-hybridized carbons (Fsp3) is 0.727. The van der Waals surface area contributed by atoms with Crippen LogP contribution in [0.15, 0.2) is 6.33 Å². The van der Waals surface area contributed by atoms with Crippen LogP contribution in [0, 0.1) is 5.92 Å². The molecule has 0 aromatic carbocycles. The molecule has 6 nitrogen and oxygen atoms in total. The smallest absolute Gasteiger partial charge is 0.224 e. The molecule has 1 aliphatic rings. The second kappa shape index (κ2) is 5.27. The standard InChI is InChI=1S/C11H19N5O/c1-16-7-14-15-10(16)5-6-13-11(17)8-3-2-4-9(8)12/h7-9H,2-6,12H2,1H3,(H,13,17). The minimum Gasteiger partial charge on any atom is -0.355 e. The molecule has 1 aromatic heterocycles. The van der Waals surface area contributed by atoms with E-state index in [4.69, 9.17) is 5.73 Å². The first-order valence-corrected chi connectivity index (χ1v) is 6.04. The molecule has 0 radical (unpaired) electrons. The third-order valence-corrected chi connectivity index (χ3v) is 3.36. The second-order valence-corrected chi connectivity index (χ2v) is 4.60. The van der Waals surface area contributed by atoms with Gasteiger partial charge in [0.2, 0.25) is 5.91 Å². The average molecular weight is 237 g/mol. The summed E-state index contributed by atoms with van der Waals surface area (Å²) in [5.41, 5.74) is 5.88. The number of hydrogen-bond donors (Lipinski definition) is 2. The Morgan fingerprint density at radius 3 is 3.06 bits per heavy atom. The van der Waals surface area contributed by atoms with Crippen LogP contribution >= 0.6 is 0 Å². The predicted molar refractivity (Wildman–Crippen MR) is 63.0 cm³/mol. The van der Waals surface area contributed by atoms with Gasteiger partial charge in [0.1, 0.15) is 12.2 Å². The molecule has 2 unspecified atom stereocenters. The number of rotatable bonds is 4. The Labute approximate surface area is 101 Å². The molecule has 94 valence electrons. The van der Waals surface area contributed by atoms with Gasteiger partial charge in [-0.2, -0.15) is 0 Å². The molecule has 0 bridgehead atoms. The lowest BCUT2D eigenvalue weighted by Crippen LogP contribution is -2.39. The molecule has 0 aliphatic heterocycles. The van der Waals surface area contributed by atoms with E-state index in [1.165, 1.54) is 0 Å². The molecule has 1 aromatic rings. The second-order valence-electron chi connectivity index (χ2n) is 4.60. The zero-order valence-corrected chi connectivity index (χ0v) is 10.1. The highest BCUT2D eigenvalue weighted by molar-refractivity contribution is 5.79. The summed E-state index contributed by atoms with van der Waals surface area (Å²) in [6.07, 6.45) is 5.29. The third kappa shape index (κ3) is 2.82. The Balaban J connectivity index is 1.75. The van der Waals surface area contributed by atoms with E-state index < -0.39 is 0 Å². The zero-order valence-electron chi connectivity index (χ0n) is 10.1. The fourth-order valence-electron chi connectivity index (χ4n) is 2.28. The summed E-state index contributed by atoms with van der Waals surface area (Å²) in [7, 11) is 1.89. The molecular formula is C11H19N5O. The molecule has 1 amide bonds. The van der Waals surface area contributed by atoms with E-state index in [1.807, 2.05) is 11.6 Å². The molecule has 6 heteroatoms. The van der Waals surface area contributed by atoms with Gasteiger partial charge in [0, 0.05) is 26.1 Å². The van der Waals surface area contributed by atoms with Crippen molar-refractivity contribution >= 4 is 5.91 Å². The molecule has 1 aliphatic carbocycles. The van der Waals surface area contributed by atoms with Gasteiger partial charge in [-0.05, 0) is 12.8 Å². The number of carbonyl (C=O) groups is 1. The van der Waals surface area contributed by atoms with Gasteiger partial charge in [-0.25, -0.2) is 0 Å². The van der Waals surface area contributed by atoms with Gasteiger partial charge in [0.25, 0.3) is 0 Å². The Bertz CT molecular complexity index is 389. The molecule has 1 fully saturated rings. The first-order chi connectivity index (χ1) is 8.18. The van der Waals surface area contributed by atoms with Crippen molar-refractivity contribution in [1.82, 2.24) is 20.1 Å². The zero-order chi connectivity index (χ0) is 12.3. The van der Waals surface area contributed by atoms with Crippen LogP contribution in [0.1, 0.15) is 25.1 Å². The van der Waals surface area contributed by atoms with Crippen molar-refractivity contribution in [2.75, 3.05) is 6.54 Å². The highest BCUT2D eigenvalue weighted by Gasteiger charge is 2.29. The SMILES string of the molecule is Cn1cnnc1CCNC(=O)C1CCCC1N. The van der Waals surface area contributed by atoms with Crippen LogP contribution < -0.4 is 11.1 Å². The molecule has 0 spiro atoms. The van der Waals surface area contributed by atoms with E-state index in [2.05, 4.69) is 15.5 Å². The number of nitrogens with two attached hydrogens (primary N) is 1. The Hall–Kier alpha value is -1.43. The lowest BCUT2D eigenvalue weighted by molar-refractivity contribution is -0.125. The Kier molecular flexibility index (Phi) is 3.73. The van der Waals surface area contributed by atoms with Crippen LogP contribution in [0.2, 0.25) is 0 Å². The number of aryl methyl sites for hydroxylation is 1. The normalized spacial score (nSPS) is 23.9. The summed E-state index contributed by atoms with van der Waals surface area (Å²) in [5.74, 6) is 0.952. The summed E-state index contributed by atoms with van der Waals surface area (Å²) < 4.78 is 1.85. The molecule has 1 saturated carbocycles. The highest BCUT2D eigenvalue weighted by atomic mass is 16.1. The number of aromatic nitrogens is 3. The van der Waals surface area contributed by atoms with Crippen molar-refractivity contribution in [3.63, 3.8) is 0 Å². The molecule has 17 heavy (non-hydrogen) atoms. The Morgan fingerprint density at radius 2 is 2.47 bits per heavy atom. The number of hydrogen-bond acceptors (Lipinski definition) is 4. The van der Waals surface area contributed by atoms with Crippen molar-refractivity contribution in [3.05, 3.63) is 12.2 Å². The van der Waals surface area contributed by atoms with Gasteiger partial charge in [0.05, 0.1) is 5.92 Å². The predicted octanol–water partition coefficient (Wildman–Crippen LogP) is -0.399. The van der Waals surface area contributed by atoms with Gasteiger partial charge in [-0.15, -0.1) is 10.2 Å². The molecular weight excluding hydrogens is 218 g/mol. The van der Waals surface area contributed by atoms with Crippen LogP contribution in [-0.4, -0.2) is 33.3 Å². The lowest BCUT2D eigenvalue weighted by Gasteiger charge is -2.14. The number of carbonyl (C=O) groups excluding carboxylic acids is 1. The fourth-order valence-corrected chi connectivity index (χ4v) is 2.28. The van der Waals surface area contributed by atoms with Crippen LogP contribution in [0.25, 0.3) is 0 Å². The lowest BCUT2D eigenvalue weighted by atomic mass is 10.0. The van der Waals surface area contributed by atoms with E-state index in [9.17, 15) is 4.79 Å². The minimum atomic E-state index is -0.00510. The first-order valence-electron chi connectivity index (χ1n) is 6.04. The molecule has 1 heterocycles. The summed E-state index contributed by atoms with van der Waals surface area (Å²) in [4.78, 5) is 11.8. The topological polar surface area (TPSA) is 85.8 Å². The van der Waals surface area contributed by atoms with Gasteiger partial charge >= 0.3 is 0 Å². The summed E-state index contributed by atoms with van der Waals surface area (Å²) in [6.45, 7) is 0.592. The van der Waals surface area contributed by atoms with Gasteiger partial charge < -0.3 is 15.6 Å². The quantitative estimate of drug-likeness (QED) is 0.746. The van der Waals surface area contributed by atoms with Gasteiger partial charge in [-0.3, -0.25) is 4.79 Å². The maximum absolute atomic E-state index is 11.8. The molecule has 3 N–H and O–H groups in total. The maximum atomic E-state index is 11.8. The third-order valence-electron chi connectivity index (χ3n) is 3.36. The number of amides is 1. The van der Waals surface area contributed by atoms with Crippen LogP contribution in [-0.2, 0) is 18.3 Å². The van der Waals surface area contributed by atoms with Gasteiger partial charge in [0.15, 0.2) is 0 Å². The van der Waals surface area contributed by atoms with Crippen molar-refractivity contribution in [2.45, 2.75) is 31.7 Å². The van der Waals surface area contributed by atoms with E-state index in [-0.39, 0.29) is 17.9 Å². The highest BCUT2D eigenvalue weighted by Crippen LogP contribution is 2.23. The average Bonchev–Trinajstić information content (AvgIpc) is 2.88. The first kappa shape index (κ1) is 12.0. The van der Waals surface area contributed by atoms with E-state index in [1.54, 1.807) is 6.33 Å². The van der Waals surface area contributed by atoms with E-state index in [0.29, 0.717) is 13.0 Å². The number of nitrogens with one attached hydrogen (secondary N) is 1. The Morgan fingerprint density at radius 1 is 1.65 bits per heavy atom. The largest absolute Gasteiger partial charge is 0.355 e. The van der Waals surface area contributed by atoms with Crippen molar-refractivity contribution in [2.24, 2.45) is 18.7 Å². The van der Waals surface area contributed by atoms with Gasteiger partial charge in [-0.1, -0.05) is 6.42 Å². The number of nitrogens with zero attached hydrogens (tertiary/aromatic N) is 3. The van der Waals surface area contributed by atoms with Crippen molar-refractivity contribution in [3.8, 4) is 0 Å². The van der Waals surface area contributed by atoms with Crippen LogP contribution in [0.4, 0.5) is 0 Å². The van der Waals surface area contributed by atoms with Crippen LogP contribution in [0.3, 0.4) is 0 Å². The summed E-state index contributed by atoms with van der Waals surface area (Å²) in [5, 5.41) is 10.7. The minimum absolute atomic E-state index is 0.00510. The van der Waals surface area contributed by atoms with Crippen LogP contribution in [0.5, 0.6) is 0 Å². The monoisotopic (exact) mass is 237 g/mol. The molecule has 2 rings (SSSR count).